The highest BCUT2D eigenvalue weighted by molar-refractivity contribution is 6.31. The van der Waals surface area contributed by atoms with Crippen molar-refractivity contribution in [2.75, 3.05) is 0 Å². The van der Waals surface area contributed by atoms with Gasteiger partial charge in [0.15, 0.2) is 0 Å². The third kappa shape index (κ3) is 2.37. The van der Waals surface area contributed by atoms with Crippen LogP contribution in [0.25, 0.3) is 0 Å². The minimum absolute atomic E-state index is 0.00270. The zero-order valence-corrected chi connectivity index (χ0v) is 11.5. The highest BCUT2D eigenvalue weighted by atomic mass is 35.5. The van der Waals surface area contributed by atoms with Gasteiger partial charge in [-0.25, -0.2) is 0 Å². The van der Waals surface area contributed by atoms with Crippen molar-refractivity contribution in [3.63, 3.8) is 0 Å². The lowest BCUT2D eigenvalue weighted by Gasteiger charge is -2.14. The number of carbonyl (C=O) groups is 1. The number of hydrogen-bond donors (Lipinski definition) is 2. The minimum Gasteiger partial charge on any atom is -0.507 e. The number of rotatable bonds is 2. The maximum atomic E-state index is 12.3. The molecule has 0 bridgehead atoms. The highest BCUT2D eigenvalue weighted by Gasteiger charge is 2.24. The van der Waals surface area contributed by atoms with E-state index in [0.29, 0.717) is 5.02 Å². The molecule has 1 aliphatic rings. The number of aromatic hydroxyl groups is 1. The maximum Gasteiger partial charge on any atom is 0.255 e. The van der Waals surface area contributed by atoms with Gasteiger partial charge in [-0.1, -0.05) is 35.9 Å². The summed E-state index contributed by atoms with van der Waals surface area (Å²) >= 11 is 5.87. The lowest BCUT2D eigenvalue weighted by atomic mass is 10.1. The number of amides is 1. The number of aryl methyl sites for hydroxylation is 1. The predicted octanol–water partition coefficient (Wildman–Crippen LogP) is 3.46. The van der Waals surface area contributed by atoms with Crippen molar-refractivity contribution in [3.05, 3.63) is 64.2 Å². The van der Waals surface area contributed by atoms with Crippen LogP contribution in [-0.4, -0.2) is 11.0 Å². The normalized spacial score (nSPS) is 16.8. The molecule has 0 aromatic heterocycles. The molecule has 2 N–H and O–H groups in total. The number of carbonyl (C=O) groups excluding carboxylic acids is 1. The molecule has 3 nitrogen and oxygen atoms in total. The molecule has 2 aromatic rings. The Balaban J connectivity index is 1.82. The van der Waals surface area contributed by atoms with Crippen LogP contribution in [-0.2, 0) is 6.42 Å². The van der Waals surface area contributed by atoms with Gasteiger partial charge in [0.2, 0.25) is 0 Å². The van der Waals surface area contributed by atoms with Gasteiger partial charge in [0.05, 0.1) is 11.6 Å². The maximum absolute atomic E-state index is 12.3. The summed E-state index contributed by atoms with van der Waals surface area (Å²) in [5.41, 5.74) is 2.64. The molecule has 1 unspecified atom stereocenters. The number of nitrogens with one attached hydrogen (secondary N) is 1. The van der Waals surface area contributed by atoms with Crippen LogP contribution in [0.15, 0.2) is 42.5 Å². The molecule has 20 heavy (non-hydrogen) atoms. The van der Waals surface area contributed by atoms with E-state index in [4.69, 9.17) is 11.6 Å². The first-order chi connectivity index (χ1) is 9.65. The smallest absolute Gasteiger partial charge is 0.255 e. The van der Waals surface area contributed by atoms with Gasteiger partial charge in [0, 0.05) is 5.02 Å². The highest BCUT2D eigenvalue weighted by Crippen LogP contribution is 2.31. The van der Waals surface area contributed by atoms with Gasteiger partial charge >= 0.3 is 0 Å². The number of hydrogen-bond acceptors (Lipinski definition) is 2. The third-order valence-electron chi connectivity index (χ3n) is 3.64. The van der Waals surface area contributed by atoms with E-state index in [0.717, 1.165) is 18.4 Å². The topological polar surface area (TPSA) is 49.3 Å². The van der Waals surface area contributed by atoms with Gasteiger partial charge in [-0.05, 0) is 42.2 Å². The van der Waals surface area contributed by atoms with Crippen molar-refractivity contribution >= 4 is 17.5 Å². The summed E-state index contributed by atoms with van der Waals surface area (Å²) in [6.45, 7) is 0. The van der Waals surface area contributed by atoms with Crippen LogP contribution < -0.4 is 5.32 Å². The Morgan fingerprint density at radius 3 is 2.90 bits per heavy atom. The third-order valence-corrected chi connectivity index (χ3v) is 3.88. The average Bonchev–Trinajstić information content (AvgIpc) is 2.85. The molecule has 102 valence electrons. The van der Waals surface area contributed by atoms with Crippen molar-refractivity contribution in [3.8, 4) is 5.75 Å². The zero-order chi connectivity index (χ0) is 14.1. The molecule has 0 spiro atoms. The number of benzene rings is 2. The fourth-order valence-corrected chi connectivity index (χ4v) is 2.81. The number of halogens is 1. The molecule has 0 fully saturated rings. The van der Waals surface area contributed by atoms with Gasteiger partial charge in [-0.3, -0.25) is 4.79 Å². The molecule has 0 saturated carbocycles. The molecule has 0 saturated heterocycles. The van der Waals surface area contributed by atoms with Crippen LogP contribution in [0.3, 0.4) is 0 Å². The molecular weight excluding hydrogens is 274 g/mol. The first-order valence-electron chi connectivity index (χ1n) is 6.52. The van der Waals surface area contributed by atoms with E-state index in [1.165, 1.54) is 17.7 Å². The Bertz CT molecular complexity index is 669. The Labute approximate surface area is 122 Å². The van der Waals surface area contributed by atoms with Crippen LogP contribution in [0.5, 0.6) is 5.75 Å². The molecule has 0 radical (unpaired) electrons. The Morgan fingerprint density at radius 2 is 2.05 bits per heavy atom. The summed E-state index contributed by atoms with van der Waals surface area (Å²) in [5, 5.41) is 13.1. The zero-order valence-electron chi connectivity index (χ0n) is 10.8. The second-order valence-electron chi connectivity index (χ2n) is 4.93. The molecule has 2 aromatic carbocycles. The Morgan fingerprint density at radius 1 is 1.25 bits per heavy atom. The van der Waals surface area contributed by atoms with Crippen molar-refractivity contribution < 1.29 is 9.90 Å². The first-order valence-corrected chi connectivity index (χ1v) is 6.90. The van der Waals surface area contributed by atoms with E-state index < -0.39 is 0 Å². The van der Waals surface area contributed by atoms with E-state index in [-0.39, 0.29) is 23.3 Å². The standard InChI is InChI=1S/C16H14ClNO2/c17-11-6-8-15(19)13(9-11)16(20)18-14-7-5-10-3-1-2-4-12(10)14/h1-4,6,8-9,14,19H,5,7H2,(H,18,20). The second kappa shape index (κ2) is 5.17. The lowest BCUT2D eigenvalue weighted by molar-refractivity contribution is 0.0934. The minimum atomic E-state index is -0.299. The molecule has 3 rings (SSSR count). The molecule has 1 amide bonds. The van der Waals surface area contributed by atoms with Crippen molar-refractivity contribution in [1.29, 1.82) is 0 Å². The van der Waals surface area contributed by atoms with Crippen molar-refractivity contribution in [2.24, 2.45) is 0 Å². The van der Waals surface area contributed by atoms with E-state index >= 15 is 0 Å². The van der Waals surface area contributed by atoms with Crippen LogP contribution in [0.2, 0.25) is 5.02 Å². The number of phenolic OH excluding ortho intramolecular Hbond substituents is 1. The second-order valence-corrected chi connectivity index (χ2v) is 5.36. The fraction of sp³-hybridized carbons (Fsp3) is 0.188. The van der Waals surface area contributed by atoms with Crippen molar-refractivity contribution in [1.82, 2.24) is 5.32 Å². The van der Waals surface area contributed by atoms with Gasteiger partial charge in [-0.2, -0.15) is 0 Å². The van der Waals surface area contributed by atoms with Gasteiger partial charge < -0.3 is 10.4 Å². The van der Waals surface area contributed by atoms with Crippen molar-refractivity contribution in [2.45, 2.75) is 18.9 Å². The molecule has 1 atom stereocenters. The number of phenols is 1. The summed E-state index contributed by atoms with van der Waals surface area (Å²) < 4.78 is 0. The molecule has 0 heterocycles. The first kappa shape index (κ1) is 13.0. The van der Waals surface area contributed by atoms with E-state index in [1.54, 1.807) is 6.07 Å². The molecule has 4 heteroatoms. The van der Waals surface area contributed by atoms with E-state index in [1.807, 2.05) is 18.2 Å². The van der Waals surface area contributed by atoms with E-state index in [2.05, 4.69) is 11.4 Å². The predicted molar refractivity (Wildman–Crippen MR) is 78.1 cm³/mol. The van der Waals surface area contributed by atoms with Crippen LogP contribution in [0, 0.1) is 0 Å². The molecule has 1 aliphatic carbocycles. The Kier molecular flexibility index (Phi) is 3.36. The summed E-state index contributed by atoms with van der Waals surface area (Å²) in [7, 11) is 0. The average molecular weight is 288 g/mol. The summed E-state index contributed by atoms with van der Waals surface area (Å²) in [5.74, 6) is -0.357. The van der Waals surface area contributed by atoms with Crippen LogP contribution in [0.4, 0.5) is 0 Å². The summed E-state index contributed by atoms with van der Waals surface area (Å²) in [6, 6.07) is 12.6. The SMILES string of the molecule is O=C(NC1CCc2ccccc21)c1cc(Cl)ccc1O. The quantitative estimate of drug-likeness (QED) is 0.888. The van der Waals surface area contributed by atoms with Crippen LogP contribution >= 0.6 is 11.6 Å². The fourth-order valence-electron chi connectivity index (χ4n) is 2.63. The van der Waals surface area contributed by atoms with Gasteiger partial charge in [-0.15, -0.1) is 0 Å². The molecule has 0 aliphatic heterocycles. The van der Waals surface area contributed by atoms with Crippen LogP contribution in [0.1, 0.15) is 33.9 Å². The number of fused-ring (bicyclic) bond motifs is 1. The Hall–Kier alpha value is -2.00. The summed E-state index contributed by atoms with van der Waals surface area (Å²) in [4.78, 5) is 12.3. The lowest BCUT2D eigenvalue weighted by Crippen LogP contribution is -2.27. The van der Waals surface area contributed by atoms with Gasteiger partial charge in [0.1, 0.15) is 5.75 Å². The monoisotopic (exact) mass is 287 g/mol. The largest absolute Gasteiger partial charge is 0.507 e. The van der Waals surface area contributed by atoms with E-state index in [9.17, 15) is 9.90 Å². The summed E-state index contributed by atoms with van der Waals surface area (Å²) in [6.07, 6.45) is 1.84. The molecular formula is C16H14ClNO2. The van der Waals surface area contributed by atoms with Gasteiger partial charge in [0.25, 0.3) is 5.91 Å².